The summed E-state index contributed by atoms with van der Waals surface area (Å²) in [6.45, 7) is 5.78. The first-order valence-corrected chi connectivity index (χ1v) is 9.41. The Labute approximate surface area is 163 Å². The molecule has 1 heterocycles. The summed E-state index contributed by atoms with van der Waals surface area (Å²) in [6, 6.07) is 15.7. The van der Waals surface area contributed by atoms with Crippen molar-refractivity contribution in [1.29, 1.82) is 0 Å². The van der Waals surface area contributed by atoms with E-state index in [0.29, 0.717) is 28.4 Å². The molecule has 0 saturated heterocycles. The molecular formula is C20H21Cl2N3O. The van der Waals surface area contributed by atoms with Crippen molar-refractivity contribution in [2.45, 2.75) is 32.9 Å². The molecule has 26 heavy (non-hydrogen) atoms. The summed E-state index contributed by atoms with van der Waals surface area (Å²) < 4.78 is 5.86. The van der Waals surface area contributed by atoms with Crippen molar-refractivity contribution in [2.24, 2.45) is 0 Å². The topological polar surface area (TPSA) is 42.2 Å². The van der Waals surface area contributed by atoms with Crippen LogP contribution in [-0.2, 0) is 6.54 Å². The van der Waals surface area contributed by atoms with E-state index in [1.54, 1.807) is 0 Å². The van der Waals surface area contributed by atoms with E-state index in [-0.39, 0.29) is 6.04 Å². The van der Waals surface area contributed by atoms with E-state index in [1.165, 1.54) is 0 Å². The average Bonchev–Trinajstić information content (AvgIpc) is 3.12. The van der Waals surface area contributed by atoms with Gasteiger partial charge in [0.2, 0.25) is 11.8 Å². The summed E-state index contributed by atoms with van der Waals surface area (Å²) in [5, 5.41) is 9.52. The van der Waals surface area contributed by atoms with Crippen molar-refractivity contribution in [1.82, 2.24) is 15.1 Å². The number of hydrogen-bond acceptors (Lipinski definition) is 4. The second-order valence-corrected chi connectivity index (χ2v) is 7.00. The minimum atomic E-state index is 0.150. The summed E-state index contributed by atoms with van der Waals surface area (Å²) in [4.78, 5) is 2.29. The highest BCUT2D eigenvalue weighted by atomic mass is 35.5. The number of hydrogen-bond donors (Lipinski definition) is 0. The van der Waals surface area contributed by atoms with Gasteiger partial charge in [0.15, 0.2) is 0 Å². The Bertz CT molecular complexity index is 851. The fourth-order valence-electron chi connectivity index (χ4n) is 2.87. The molecule has 1 aromatic heterocycles. The molecule has 0 amide bonds. The predicted octanol–water partition coefficient (Wildman–Crippen LogP) is 6.02. The zero-order valence-corrected chi connectivity index (χ0v) is 16.3. The maximum Gasteiger partial charge on any atom is 0.247 e. The molecule has 4 nitrogen and oxygen atoms in total. The third kappa shape index (κ3) is 4.44. The fourth-order valence-corrected chi connectivity index (χ4v) is 3.18. The Hall–Kier alpha value is -1.88. The lowest BCUT2D eigenvalue weighted by molar-refractivity contribution is 0.183. The maximum absolute atomic E-state index is 6.18. The van der Waals surface area contributed by atoms with Crippen molar-refractivity contribution in [3.8, 4) is 11.5 Å². The van der Waals surface area contributed by atoms with Gasteiger partial charge in [0.1, 0.15) is 0 Å². The van der Waals surface area contributed by atoms with Gasteiger partial charge in [-0.15, -0.1) is 10.2 Å². The largest absolute Gasteiger partial charge is 0.419 e. The van der Waals surface area contributed by atoms with Gasteiger partial charge in [-0.1, -0.05) is 54.4 Å². The molecule has 136 valence electrons. The molecule has 0 aliphatic heterocycles. The smallest absolute Gasteiger partial charge is 0.247 e. The second-order valence-electron chi connectivity index (χ2n) is 6.19. The SMILES string of the molecule is CCCN(Cc1nnc(-c2ccccc2)o1)C(C)c1ccc(Cl)c(Cl)c1. The molecule has 6 heteroatoms. The Morgan fingerprint density at radius 3 is 2.50 bits per heavy atom. The molecule has 0 spiro atoms. The highest BCUT2D eigenvalue weighted by molar-refractivity contribution is 6.42. The van der Waals surface area contributed by atoms with Crippen molar-refractivity contribution in [2.75, 3.05) is 6.54 Å². The van der Waals surface area contributed by atoms with Crippen molar-refractivity contribution in [3.63, 3.8) is 0 Å². The quantitative estimate of drug-likeness (QED) is 0.495. The van der Waals surface area contributed by atoms with Crippen molar-refractivity contribution >= 4 is 23.2 Å². The monoisotopic (exact) mass is 389 g/mol. The number of rotatable bonds is 7. The van der Waals surface area contributed by atoms with Crippen LogP contribution in [0.4, 0.5) is 0 Å². The number of nitrogens with zero attached hydrogens (tertiary/aromatic N) is 3. The summed E-state index contributed by atoms with van der Waals surface area (Å²) >= 11 is 12.2. The zero-order valence-electron chi connectivity index (χ0n) is 14.8. The molecule has 3 rings (SSSR count). The number of halogens is 2. The molecule has 0 N–H and O–H groups in total. The number of aromatic nitrogens is 2. The molecule has 0 saturated carbocycles. The van der Waals surface area contributed by atoms with Gasteiger partial charge in [0, 0.05) is 11.6 Å². The van der Waals surface area contributed by atoms with Crippen molar-refractivity contribution in [3.05, 3.63) is 70.0 Å². The summed E-state index contributed by atoms with van der Waals surface area (Å²) in [5.74, 6) is 1.14. The van der Waals surface area contributed by atoms with Crippen molar-refractivity contribution < 1.29 is 4.42 Å². The molecule has 2 aromatic carbocycles. The molecule has 0 bridgehead atoms. The summed E-state index contributed by atoms with van der Waals surface area (Å²) in [6.07, 6.45) is 1.02. The lowest BCUT2D eigenvalue weighted by Crippen LogP contribution is -2.27. The van der Waals surface area contributed by atoms with Gasteiger partial charge >= 0.3 is 0 Å². The average molecular weight is 390 g/mol. The van der Waals surface area contributed by atoms with Crippen LogP contribution in [0.3, 0.4) is 0 Å². The van der Waals surface area contributed by atoms with E-state index in [2.05, 4.69) is 28.9 Å². The standard InChI is InChI=1S/C20H21Cl2N3O/c1-3-11-25(14(2)16-9-10-17(21)18(22)12-16)13-19-23-24-20(26-19)15-7-5-4-6-8-15/h4-10,12,14H,3,11,13H2,1-2H3. The van der Waals surface area contributed by atoms with Crippen LogP contribution in [0.5, 0.6) is 0 Å². The third-order valence-electron chi connectivity index (χ3n) is 4.31. The van der Waals surface area contributed by atoms with Crippen LogP contribution in [0.1, 0.15) is 37.8 Å². The van der Waals surface area contributed by atoms with Crippen LogP contribution in [0.25, 0.3) is 11.5 Å². The zero-order chi connectivity index (χ0) is 18.5. The maximum atomic E-state index is 6.18. The van der Waals surface area contributed by atoms with E-state index < -0.39 is 0 Å². The van der Waals surface area contributed by atoms with Gasteiger partial charge in [-0.2, -0.15) is 0 Å². The van der Waals surface area contributed by atoms with Gasteiger partial charge in [-0.05, 0) is 49.7 Å². The number of benzene rings is 2. The van der Waals surface area contributed by atoms with Crippen LogP contribution in [0.15, 0.2) is 52.9 Å². The van der Waals surface area contributed by atoms with Crippen LogP contribution >= 0.6 is 23.2 Å². The van der Waals surface area contributed by atoms with Crippen LogP contribution < -0.4 is 0 Å². The highest BCUT2D eigenvalue weighted by Gasteiger charge is 2.19. The normalized spacial score (nSPS) is 12.5. The molecule has 1 unspecified atom stereocenters. The lowest BCUT2D eigenvalue weighted by Gasteiger charge is -2.28. The molecule has 0 aliphatic carbocycles. The van der Waals surface area contributed by atoms with E-state index >= 15 is 0 Å². The van der Waals surface area contributed by atoms with E-state index in [0.717, 1.165) is 24.1 Å². The Kier molecular flexibility index (Phi) is 6.30. The first kappa shape index (κ1) is 18.9. The van der Waals surface area contributed by atoms with Crippen LogP contribution in [-0.4, -0.2) is 21.6 Å². The Morgan fingerprint density at radius 1 is 1.04 bits per heavy atom. The van der Waals surface area contributed by atoms with Crippen LogP contribution in [0, 0.1) is 0 Å². The Morgan fingerprint density at radius 2 is 1.81 bits per heavy atom. The first-order chi connectivity index (χ1) is 12.6. The van der Waals surface area contributed by atoms with Gasteiger partial charge in [0.25, 0.3) is 0 Å². The second kappa shape index (κ2) is 8.67. The highest BCUT2D eigenvalue weighted by Crippen LogP contribution is 2.29. The first-order valence-electron chi connectivity index (χ1n) is 8.65. The summed E-state index contributed by atoms with van der Waals surface area (Å²) in [7, 11) is 0. The fraction of sp³-hybridized carbons (Fsp3) is 0.300. The van der Waals surface area contributed by atoms with Gasteiger partial charge in [0.05, 0.1) is 16.6 Å². The predicted molar refractivity (Wildman–Crippen MR) is 105 cm³/mol. The third-order valence-corrected chi connectivity index (χ3v) is 5.05. The molecule has 1 atom stereocenters. The molecule has 0 aliphatic rings. The van der Waals surface area contributed by atoms with E-state index in [1.807, 2.05) is 48.5 Å². The molecule has 0 fully saturated rings. The molecule has 0 radical (unpaired) electrons. The minimum absolute atomic E-state index is 0.150. The van der Waals surface area contributed by atoms with E-state index in [4.69, 9.17) is 27.6 Å². The van der Waals surface area contributed by atoms with E-state index in [9.17, 15) is 0 Å². The molecule has 3 aromatic rings. The summed E-state index contributed by atoms with van der Waals surface area (Å²) in [5.41, 5.74) is 2.03. The minimum Gasteiger partial charge on any atom is -0.419 e. The van der Waals surface area contributed by atoms with Gasteiger partial charge < -0.3 is 4.42 Å². The van der Waals surface area contributed by atoms with Gasteiger partial charge in [-0.3, -0.25) is 4.90 Å². The van der Waals surface area contributed by atoms with Gasteiger partial charge in [-0.25, -0.2) is 0 Å². The molecular weight excluding hydrogens is 369 g/mol. The lowest BCUT2D eigenvalue weighted by atomic mass is 10.1. The van der Waals surface area contributed by atoms with Crippen LogP contribution in [0.2, 0.25) is 10.0 Å². The Balaban J connectivity index is 1.78.